The van der Waals surface area contributed by atoms with Crippen molar-refractivity contribution in [2.75, 3.05) is 0 Å². The van der Waals surface area contributed by atoms with Crippen LogP contribution in [0.3, 0.4) is 0 Å². The minimum Gasteiger partial charge on any atom is -0.257 e. The summed E-state index contributed by atoms with van der Waals surface area (Å²) in [5.74, 6) is 1.63. The van der Waals surface area contributed by atoms with Gasteiger partial charge in [-0.25, -0.2) is 4.98 Å². The molecular formula is C13H10ClN3S2. The van der Waals surface area contributed by atoms with E-state index in [1.807, 2.05) is 41.8 Å². The normalized spacial score (nSPS) is 10.8. The molecule has 2 heterocycles. The van der Waals surface area contributed by atoms with Gasteiger partial charge in [-0.05, 0) is 29.1 Å². The fraction of sp³-hybridized carbons (Fsp3) is 0.0769. The summed E-state index contributed by atoms with van der Waals surface area (Å²) in [4.78, 5) is 5.56. The van der Waals surface area contributed by atoms with Gasteiger partial charge in [0.25, 0.3) is 0 Å². The number of aromatic nitrogens is 3. The van der Waals surface area contributed by atoms with E-state index in [-0.39, 0.29) is 0 Å². The van der Waals surface area contributed by atoms with Gasteiger partial charge in [-0.3, -0.25) is 5.10 Å². The first kappa shape index (κ1) is 12.7. The molecule has 0 saturated carbocycles. The number of nitrogens with one attached hydrogen (secondary N) is 1. The Morgan fingerprint density at radius 3 is 3.00 bits per heavy atom. The molecule has 0 fully saturated rings. The van der Waals surface area contributed by atoms with Crippen LogP contribution in [-0.2, 0) is 5.75 Å². The van der Waals surface area contributed by atoms with Crippen molar-refractivity contribution in [3.63, 3.8) is 0 Å². The molecule has 0 amide bonds. The monoisotopic (exact) mass is 307 g/mol. The summed E-state index contributed by atoms with van der Waals surface area (Å²) in [6, 6.07) is 11.9. The lowest BCUT2D eigenvalue weighted by molar-refractivity contribution is 0.973. The Kier molecular flexibility index (Phi) is 3.87. The first-order valence-corrected chi connectivity index (χ1v) is 7.89. The largest absolute Gasteiger partial charge is 0.257 e. The van der Waals surface area contributed by atoms with Crippen LogP contribution in [-0.4, -0.2) is 15.2 Å². The van der Waals surface area contributed by atoms with Gasteiger partial charge in [0.15, 0.2) is 5.82 Å². The summed E-state index contributed by atoms with van der Waals surface area (Å²) < 4.78 is 0. The van der Waals surface area contributed by atoms with Gasteiger partial charge in [-0.15, -0.1) is 16.4 Å². The molecule has 1 aromatic carbocycles. The van der Waals surface area contributed by atoms with Crippen LogP contribution in [0.15, 0.2) is 46.9 Å². The third-order valence-corrected chi connectivity index (χ3v) is 4.51. The number of hydrogen-bond acceptors (Lipinski definition) is 4. The zero-order valence-corrected chi connectivity index (χ0v) is 12.2. The number of H-pyrrole nitrogens is 1. The Morgan fingerprint density at radius 1 is 1.26 bits per heavy atom. The molecule has 0 unspecified atom stereocenters. The Morgan fingerprint density at radius 2 is 2.21 bits per heavy atom. The van der Waals surface area contributed by atoms with Gasteiger partial charge < -0.3 is 0 Å². The zero-order chi connectivity index (χ0) is 13.1. The molecule has 6 heteroatoms. The van der Waals surface area contributed by atoms with Gasteiger partial charge in [0.2, 0.25) is 5.16 Å². The van der Waals surface area contributed by atoms with Gasteiger partial charge in [-0.2, -0.15) is 0 Å². The van der Waals surface area contributed by atoms with Crippen LogP contribution in [0.4, 0.5) is 0 Å². The van der Waals surface area contributed by atoms with Crippen molar-refractivity contribution in [1.82, 2.24) is 15.2 Å². The van der Waals surface area contributed by atoms with E-state index in [0.29, 0.717) is 0 Å². The summed E-state index contributed by atoms with van der Waals surface area (Å²) in [7, 11) is 0. The Labute approximate surface area is 124 Å². The van der Waals surface area contributed by atoms with Crippen LogP contribution < -0.4 is 0 Å². The van der Waals surface area contributed by atoms with Crippen LogP contribution in [0, 0.1) is 0 Å². The number of thioether (sulfide) groups is 1. The van der Waals surface area contributed by atoms with E-state index < -0.39 is 0 Å². The maximum atomic E-state index is 5.95. The lowest BCUT2D eigenvalue weighted by atomic mass is 10.2. The van der Waals surface area contributed by atoms with Gasteiger partial charge in [0.05, 0.1) is 4.88 Å². The highest BCUT2D eigenvalue weighted by Crippen LogP contribution is 2.25. The summed E-state index contributed by atoms with van der Waals surface area (Å²) in [6.45, 7) is 0. The number of aromatic amines is 1. The number of hydrogen-bond donors (Lipinski definition) is 1. The number of nitrogens with zero attached hydrogens (tertiary/aromatic N) is 2. The van der Waals surface area contributed by atoms with Crippen LogP contribution in [0.25, 0.3) is 10.7 Å². The number of halogens is 1. The zero-order valence-electron chi connectivity index (χ0n) is 9.84. The third kappa shape index (κ3) is 3.18. The lowest BCUT2D eigenvalue weighted by Gasteiger charge is -1.98. The van der Waals surface area contributed by atoms with Crippen LogP contribution in [0.2, 0.25) is 5.02 Å². The fourth-order valence-corrected chi connectivity index (χ4v) is 3.23. The molecular weight excluding hydrogens is 298 g/mol. The topological polar surface area (TPSA) is 41.6 Å². The van der Waals surface area contributed by atoms with E-state index in [1.54, 1.807) is 23.1 Å². The summed E-state index contributed by atoms with van der Waals surface area (Å²) in [5, 5.41) is 10.7. The molecule has 0 saturated heterocycles. The minimum absolute atomic E-state index is 0.753. The highest BCUT2D eigenvalue weighted by atomic mass is 35.5. The van der Waals surface area contributed by atoms with Crippen LogP contribution in [0.1, 0.15) is 5.56 Å². The average Bonchev–Trinajstić information content (AvgIpc) is 3.07. The Bertz CT molecular complexity index is 664. The van der Waals surface area contributed by atoms with Crippen molar-refractivity contribution in [2.45, 2.75) is 10.9 Å². The van der Waals surface area contributed by atoms with Gasteiger partial charge >= 0.3 is 0 Å². The number of rotatable bonds is 4. The van der Waals surface area contributed by atoms with E-state index >= 15 is 0 Å². The van der Waals surface area contributed by atoms with Crippen molar-refractivity contribution in [2.24, 2.45) is 0 Å². The smallest absolute Gasteiger partial charge is 0.209 e. The molecule has 0 radical (unpaired) electrons. The first-order valence-electron chi connectivity index (χ1n) is 5.65. The fourth-order valence-electron chi connectivity index (χ4n) is 1.61. The second-order valence-corrected chi connectivity index (χ2v) is 6.19. The SMILES string of the molecule is Clc1cccc(CSc2n[nH]c(-c3cccs3)n2)c1. The molecule has 0 aliphatic heterocycles. The molecule has 96 valence electrons. The lowest BCUT2D eigenvalue weighted by Crippen LogP contribution is -1.81. The first-order chi connectivity index (χ1) is 9.31. The summed E-state index contributed by atoms with van der Waals surface area (Å²) in [6.07, 6.45) is 0. The highest BCUT2D eigenvalue weighted by molar-refractivity contribution is 7.98. The number of thiophene rings is 1. The van der Waals surface area contributed by atoms with Crippen molar-refractivity contribution in [3.05, 3.63) is 52.4 Å². The van der Waals surface area contributed by atoms with Gasteiger partial charge in [-0.1, -0.05) is 41.6 Å². The summed E-state index contributed by atoms with van der Waals surface area (Å²) in [5.41, 5.74) is 1.17. The van der Waals surface area contributed by atoms with Crippen molar-refractivity contribution >= 4 is 34.7 Å². The highest BCUT2D eigenvalue weighted by Gasteiger charge is 2.07. The second-order valence-electron chi connectivity index (χ2n) is 3.86. The van der Waals surface area contributed by atoms with Gasteiger partial charge in [0.1, 0.15) is 0 Å². The molecule has 0 atom stereocenters. The van der Waals surface area contributed by atoms with E-state index in [1.165, 1.54) is 5.56 Å². The van der Waals surface area contributed by atoms with E-state index in [2.05, 4.69) is 15.2 Å². The van der Waals surface area contributed by atoms with Crippen molar-refractivity contribution in [3.8, 4) is 10.7 Å². The molecule has 3 rings (SSSR count). The van der Waals surface area contributed by atoms with Crippen LogP contribution in [0.5, 0.6) is 0 Å². The molecule has 0 spiro atoms. The second kappa shape index (κ2) is 5.77. The molecule has 3 nitrogen and oxygen atoms in total. The standard InChI is InChI=1S/C13H10ClN3S2/c14-10-4-1-3-9(7-10)8-19-13-15-12(16-17-13)11-5-2-6-18-11/h1-7H,8H2,(H,15,16,17). The predicted molar refractivity (Wildman–Crippen MR) is 80.7 cm³/mol. The molecule has 3 aromatic rings. The maximum absolute atomic E-state index is 5.95. The van der Waals surface area contributed by atoms with E-state index in [0.717, 1.165) is 26.6 Å². The third-order valence-electron chi connectivity index (χ3n) is 2.48. The van der Waals surface area contributed by atoms with Crippen molar-refractivity contribution in [1.29, 1.82) is 0 Å². The molecule has 2 aromatic heterocycles. The Balaban J connectivity index is 1.68. The minimum atomic E-state index is 0.753. The van der Waals surface area contributed by atoms with Crippen LogP contribution >= 0.6 is 34.7 Å². The molecule has 0 aliphatic carbocycles. The predicted octanol–water partition coefficient (Wildman–Crippen LogP) is 4.48. The van der Waals surface area contributed by atoms with E-state index in [4.69, 9.17) is 11.6 Å². The molecule has 1 N–H and O–H groups in total. The maximum Gasteiger partial charge on any atom is 0.209 e. The molecule has 0 aliphatic rings. The molecule has 19 heavy (non-hydrogen) atoms. The summed E-state index contributed by atoms with van der Waals surface area (Å²) >= 11 is 9.19. The Hall–Kier alpha value is -1.30. The van der Waals surface area contributed by atoms with E-state index in [9.17, 15) is 0 Å². The number of benzene rings is 1. The van der Waals surface area contributed by atoms with Crippen molar-refractivity contribution < 1.29 is 0 Å². The quantitative estimate of drug-likeness (QED) is 0.723. The average molecular weight is 308 g/mol. The van der Waals surface area contributed by atoms with Gasteiger partial charge in [0, 0.05) is 10.8 Å². The molecule has 0 bridgehead atoms.